The average Bonchev–Trinajstić information content (AvgIpc) is 2.92. The number of phenols is 1. The molecule has 0 unspecified atom stereocenters. The Morgan fingerprint density at radius 2 is 1.80 bits per heavy atom. The third-order valence-electron chi connectivity index (χ3n) is 3.11. The summed E-state index contributed by atoms with van der Waals surface area (Å²) in [5, 5.41) is 13.9. The summed E-state index contributed by atoms with van der Waals surface area (Å²) in [6.45, 7) is 1.98. The van der Waals surface area contributed by atoms with Crippen LogP contribution in [0.3, 0.4) is 0 Å². The molecule has 1 heterocycles. The fraction of sp³-hybridized carbons (Fsp3) is 0.0667. The van der Waals surface area contributed by atoms with Crippen molar-refractivity contribution in [1.82, 2.24) is 10.1 Å². The Hall–Kier alpha value is -2.82. The molecule has 20 heavy (non-hydrogen) atoms. The molecule has 0 aliphatic rings. The van der Waals surface area contributed by atoms with Crippen LogP contribution in [0.15, 0.2) is 47.0 Å². The van der Waals surface area contributed by atoms with Gasteiger partial charge in [0.25, 0.3) is 5.89 Å². The van der Waals surface area contributed by atoms with Gasteiger partial charge in [0.05, 0.1) is 11.3 Å². The fourth-order valence-electron chi connectivity index (χ4n) is 2.00. The van der Waals surface area contributed by atoms with Crippen LogP contribution in [-0.2, 0) is 0 Å². The summed E-state index contributed by atoms with van der Waals surface area (Å²) >= 11 is 0. The van der Waals surface area contributed by atoms with Crippen LogP contribution in [0.1, 0.15) is 5.56 Å². The van der Waals surface area contributed by atoms with Gasteiger partial charge in [-0.15, -0.1) is 0 Å². The van der Waals surface area contributed by atoms with Crippen molar-refractivity contribution in [2.75, 3.05) is 5.73 Å². The van der Waals surface area contributed by atoms with Gasteiger partial charge in [-0.25, -0.2) is 0 Å². The summed E-state index contributed by atoms with van der Waals surface area (Å²) in [4.78, 5) is 4.32. The number of nitrogens with two attached hydrogens (primary N) is 1. The number of aromatic hydroxyl groups is 1. The Kier molecular flexibility index (Phi) is 2.87. The third kappa shape index (κ3) is 1.99. The van der Waals surface area contributed by atoms with E-state index in [-0.39, 0.29) is 17.3 Å². The molecule has 1 aromatic heterocycles. The number of anilines is 1. The Morgan fingerprint density at radius 3 is 2.60 bits per heavy atom. The van der Waals surface area contributed by atoms with E-state index in [4.69, 9.17) is 10.3 Å². The number of aryl methyl sites for hydroxylation is 1. The second kappa shape index (κ2) is 4.70. The molecule has 0 aliphatic heterocycles. The minimum atomic E-state index is -0.0486. The lowest BCUT2D eigenvalue weighted by Crippen LogP contribution is -1.88. The molecule has 3 aromatic rings. The van der Waals surface area contributed by atoms with Crippen molar-refractivity contribution in [3.8, 4) is 28.6 Å². The number of phenolic OH excluding ortho intramolecular Hbond substituents is 1. The first-order valence-corrected chi connectivity index (χ1v) is 6.14. The highest BCUT2D eigenvalue weighted by Gasteiger charge is 2.15. The number of para-hydroxylation sites is 1. The highest BCUT2D eigenvalue weighted by molar-refractivity contribution is 5.72. The number of aromatic nitrogens is 2. The fourth-order valence-corrected chi connectivity index (χ4v) is 2.00. The van der Waals surface area contributed by atoms with E-state index in [2.05, 4.69) is 10.1 Å². The van der Waals surface area contributed by atoms with Gasteiger partial charge < -0.3 is 15.4 Å². The van der Waals surface area contributed by atoms with E-state index in [0.29, 0.717) is 11.4 Å². The van der Waals surface area contributed by atoms with Gasteiger partial charge in [-0.2, -0.15) is 4.98 Å². The van der Waals surface area contributed by atoms with E-state index >= 15 is 0 Å². The van der Waals surface area contributed by atoms with Crippen molar-refractivity contribution in [2.45, 2.75) is 6.92 Å². The molecule has 0 atom stereocenters. The monoisotopic (exact) mass is 267 g/mol. The number of hydrogen-bond donors (Lipinski definition) is 2. The molecule has 0 fully saturated rings. The van der Waals surface area contributed by atoms with Crippen LogP contribution < -0.4 is 5.73 Å². The van der Waals surface area contributed by atoms with E-state index in [1.807, 2.05) is 31.2 Å². The van der Waals surface area contributed by atoms with Gasteiger partial charge in [0, 0.05) is 5.56 Å². The zero-order chi connectivity index (χ0) is 14.1. The predicted molar refractivity (Wildman–Crippen MR) is 76.0 cm³/mol. The summed E-state index contributed by atoms with van der Waals surface area (Å²) in [6, 6.07) is 12.8. The highest BCUT2D eigenvalue weighted by atomic mass is 16.5. The molecule has 5 nitrogen and oxygen atoms in total. The second-order valence-corrected chi connectivity index (χ2v) is 4.48. The van der Waals surface area contributed by atoms with E-state index in [9.17, 15) is 5.11 Å². The molecule has 5 heteroatoms. The quantitative estimate of drug-likeness (QED) is 0.550. The maximum atomic E-state index is 9.93. The van der Waals surface area contributed by atoms with Crippen molar-refractivity contribution in [3.63, 3.8) is 0 Å². The SMILES string of the molecule is Cc1ccccc1-c1noc(-c2cccc(N)c2O)n1. The summed E-state index contributed by atoms with van der Waals surface area (Å²) in [5.41, 5.74) is 8.31. The molecule has 100 valence electrons. The maximum absolute atomic E-state index is 9.93. The molecule has 2 aromatic carbocycles. The first kappa shape index (κ1) is 12.2. The van der Waals surface area contributed by atoms with Gasteiger partial charge >= 0.3 is 0 Å². The molecule has 0 radical (unpaired) electrons. The molecule has 0 saturated carbocycles. The van der Waals surface area contributed by atoms with Crippen LogP contribution in [0.4, 0.5) is 5.69 Å². The topological polar surface area (TPSA) is 85.2 Å². The van der Waals surface area contributed by atoms with Gasteiger partial charge in [0.15, 0.2) is 5.75 Å². The summed E-state index contributed by atoms with van der Waals surface area (Å²) in [7, 11) is 0. The van der Waals surface area contributed by atoms with Crippen molar-refractivity contribution in [1.29, 1.82) is 0 Å². The Bertz CT molecular complexity index is 765. The molecule has 3 rings (SSSR count). The van der Waals surface area contributed by atoms with Gasteiger partial charge in [-0.3, -0.25) is 0 Å². The Labute approximate surface area is 115 Å². The van der Waals surface area contributed by atoms with Crippen molar-refractivity contribution < 1.29 is 9.63 Å². The van der Waals surface area contributed by atoms with Crippen LogP contribution in [0.25, 0.3) is 22.8 Å². The predicted octanol–water partition coefficient (Wildman–Crippen LogP) is 3.00. The lowest BCUT2D eigenvalue weighted by atomic mass is 10.1. The Balaban J connectivity index is 2.07. The summed E-state index contributed by atoms with van der Waals surface area (Å²) in [5.74, 6) is 0.681. The third-order valence-corrected chi connectivity index (χ3v) is 3.11. The van der Waals surface area contributed by atoms with E-state index in [0.717, 1.165) is 11.1 Å². The van der Waals surface area contributed by atoms with E-state index < -0.39 is 0 Å². The first-order valence-electron chi connectivity index (χ1n) is 6.14. The molecular weight excluding hydrogens is 254 g/mol. The van der Waals surface area contributed by atoms with Gasteiger partial charge in [0.2, 0.25) is 5.82 Å². The van der Waals surface area contributed by atoms with E-state index in [1.165, 1.54) is 0 Å². The summed E-state index contributed by atoms with van der Waals surface area (Å²) in [6.07, 6.45) is 0. The molecular formula is C15H13N3O2. The normalized spacial score (nSPS) is 10.7. The van der Waals surface area contributed by atoms with Crippen LogP contribution in [0.5, 0.6) is 5.75 Å². The number of nitrogen functional groups attached to an aromatic ring is 1. The minimum Gasteiger partial charge on any atom is -0.505 e. The lowest BCUT2D eigenvalue weighted by molar-refractivity contribution is 0.426. The number of benzene rings is 2. The van der Waals surface area contributed by atoms with Crippen molar-refractivity contribution in [2.24, 2.45) is 0 Å². The largest absolute Gasteiger partial charge is 0.505 e. The Morgan fingerprint density at radius 1 is 1.05 bits per heavy atom. The van der Waals surface area contributed by atoms with E-state index in [1.54, 1.807) is 18.2 Å². The molecule has 0 amide bonds. The second-order valence-electron chi connectivity index (χ2n) is 4.48. The van der Waals surface area contributed by atoms with Crippen LogP contribution in [0, 0.1) is 6.92 Å². The maximum Gasteiger partial charge on any atom is 0.262 e. The van der Waals surface area contributed by atoms with Crippen LogP contribution in [-0.4, -0.2) is 15.2 Å². The van der Waals surface area contributed by atoms with Gasteiger partial charge in [-0.05, 0) is 24.6 Å². The van der Waals surface area contributed by atoms with Crippen LogP contribution >= 0.6 is 0 Å². The lowest BCUT2D eigenvalue weighted by Gasteiger charge is -2.01. The van der Waals surface area contributed by atoms with Crippen molar-refractivity contribution in [3.05, 3.63) is 48.0 Å². The van der Waals surface area contributed by atoms with Gasteiger partial charge in [0.1, 0.15) is 0 Å². The average molecular weight is 267 g/mol. The first-order chi connectivity index (χ1) is 9.66. The minimum absolute atomic E-state index is 0.0486. The molecule has 0 saturated heterocycles. The molecule has 0 spiro atoms. The smallest absolute Gasteiger partial charge is 0.262 e. The number of rotatable bonds is 2. The molecule has 0 aliphatic carbocycles. The molecule has 0 bridgehead atoms. The zero-order valence-electron chi connectivity index (χ0n) is 10.9. The highest BCUT2D eigenvalue weighted by Crippen LogP contribution is 2.33. The number of nitrogens with zero attached hydrogens (tertiary/aromatic N) is 2. The zero-order valence-corrected chi connectivity index (χ0v) is 10.9. The molecule has 3 N–H and O–H groups in total. The van der Waals surface area contributed by atoms with Gasteiger partial charge in [-0.1, -0.05) is 35.5 Å². The standard InChI is InChI=1S/C15H13N3O2/c1-9-5-2-3-6-10(9)14-17-15(20-18-14)11-7-4-8-12(16)13(11)19/h2-8,19H,16H2,1H3. The summed E-state index contributed by atoms with van der Waals surface area (Å²) < 4.78 is 5.22. The van der Waals surface area contributed by atoms with Crippen molar-refractivity contribution >= 4 is 5.69 Å². The van der Waals surface area contributed by atoms with Crippen LogP contribution in [0.2, 0.25) is 0 Å². The number of hydrogen-bond acceptors (Lipinski definition) is 5.